The summed E-state index contributed by atoms with van der Waals surface area (Å²) < 4.78 is 0. The second-order valence-corrected chi connectivity index (χ2v) is 5.08. The van der Waals surface area contributed by atoms with E-state index in [4.69, 9.17) is 5.73 Å². The smallest absolute Gasteiger partial charge is 0.224 e. The highest BCUT2D eigenvalue weighted by atomic mass is 16.2. The van der Waals surface area contributed by atoms with Gasteiger partial charge in [-0.05, 0) is 25.7 Å². The zero-order chi connectivity index (χ0) is 12.3. The maximum Gasteiger partial charge on any atom is 0.224 e. The molecule has 0 aromatic rings. The molecule has 2 aliphatic carbocycles. The van der Waals surface area contributed by atoms with Crippen molar-refractivity contribution in [3.05, 3.63) is 0 Å². The molecule has 5 heteroatoms. The molecule has 0 heterocycles. The first-order chi connectivity index (χ1) is 8.16. The van der Waals surface area contributed by atoms with E-state index in [9.17, 15) is 9.59 Å². The molecule has 2 amide bonds. The van der Waals surface area contributed by atoms with Crippen LogP contribution >= 0.6 is 0 Å². The third-order valence-corrected chi connectivity index (χ3v) is 3.50. The normalized spacial score (nSPS) is 27.8. The third kappa shape index (κ3) is 3.70. The molecule has 2 saturated carbocycles. The lowest BCUT2D eigenvalue weighted by molar-refractivity contribution is -0.125. The predicted molar refractivity (Wildman–Crippen MR) is 64.1 cm³/mol. The van der Waals surface area contributed by atoms with E-state index in [1.165, 1.54) is 0 Å². The maximum absolute atomic E-state index is 11.7. The molecule has 2 fully saturated rings. The molecule has 2 aliphatic rings. The lowest BCUT2D eigenvalue weighted by Crippen LogP contribution is -2.40. The lowest BCUT2D eigenvalue weighted by atomic mass is 10.0. The Morgan fingerprint density at radius 3 is 2.53 bits per heavy atom. The Balaban J connectivity index is 1.60. The van der Waals surface area contributed by atoms with Gasteiger partial charge in [0, 0.05) is 25.0 Å². The molecule has 0 radical (unpaired) electrons. The van der Waals surface area contributed by atoms with Crippen molar-refractivity contribution in [1.82, 2.24) is 10.6 Å². The lowest BCUT2D eigenvalue weighted by Gasteiger charge is -2.14. The third-order valence-electron chi connectivity index (χ3n) is 3.50. The molecule has 0 spiro atoms. The molecule has 5 nitrogen and oxygen atoms in total. The standard InChI is InChI=1S/C12H21N3O2/c13-10-3-1-2-9(10)12(17)14-7-6-11(16)15-8-4-5-8/h8-10H,1-7,13H2,(H,14,17)(H,15,16). The summed E-state index contributed by atoms with van der Waals surface area (Å²) in [5.41, 5.74) is 5.85. The Hall–Kier alpha value is -1.10. The minimum Gasteiger partial charge on any atom is -0.355 e. The fourth-order valence-electron chi connectivity index (χ4n) is 2.27. The largest absolute Gasteiger partial charge is 0.355 e. The molecular formula is C12H21N3O2. The van der Waals surface area contributed by atoms with E-state index in [1.807, 2.05) is 0 Å². The minimum atomic E-state index is -0.0542. The molecule has 4 N–H and O–H groups in total. The van der Waals surface area contributed by atoms with Gasteiger partial charge in [0.15, 0.2) is 0 Å². The van der Waals surface area contributed by atoms with Crippen molar-refractivity contribution in [2.24, 2.45) is 11.7 Å². The van der Waals surface area contributed by atoms with Crippen LogP contribution in [0.2, 0.25) is 0 Å². The van der Waals surface area contributed by atoms with Gasteiger partial charge < -0.3 is 16.4 Å². The van der Waals surface area contributed by atoms with E-state index < -0.39 is 0 Å². The minimum absolute atomic E-state index is 0.00436. The first-order valence-corrected chi connectivity index (χ1v) is 6.49. The SMILES string of the molecule is NC1CCCC1C(=O)NCCC(=O)NC1CC1. The summed E-state index contributed by atoms with van der Waals surface area (Å²) in [5.74, 6) is -0.0146. The van der Waals surface area contributed by atoms with Crippen LogP contribution in [0.4, 0.5) is 0 Å². The molecule has 2 unspecified atom stereocenters. The van der Waals surface area contributed by atoms with E-state index >= 15 is 0 Å². The Bertz CT molecular complexity index is 302. The van der Waals surface area contributed by atoms with Gasteiger partial charge in [-0.2, -0.15) is 0 Å². The van der Waals surface area contributed by atoms with E-state index in [1.54, 1.807) is 0 Å². The quantitative estimate of drug-likeness (QED) is 0.626. The monoisotopic (exact) mass is 239 g/mol. The van der Waals surface area contributed by atoms with Crippen molar-refractivity contribution in [2.75, 3.05) is 6.54 Å². The number of amides is 2. The molecule has 17 heavy (non-hydrogen) atoms. The number of carbonyl (C=O) groups excluding carboxylic acids is 2. The second-order valence-electron chi connectivity index (χ2n) is 5.08. The highest BCUT2D eigenvalue weighted by molar-refractivity contribution is 5.81. The zero-order valence-electron chi connectivity index (χ0n) is 10.1. The van der Waals surface area contributed by atoms with Gasteiger partial charge in [-0.15, -0.1) is 0 Å². The van der Waals surface area contributed by atoms with Crippen molar-refractivity contribution >= 4 is 11.8 Å². The molecular weight excluding hydrogens is 218 g/mol. The van der Waals surface area contributed by atoms with E-state index in [-0.39, 0.29) is 23.8 Å². The molecule has 0 aliphatic heterocycles. The Morgan fingerprint density at radius 2 is 1.94 bits per heavy atom. The van der Waals surface area contributed by atoms with Gasteiger partial charge >= 0.3 is 0 Å². The molecule has 2 rings (SSSR count). The number of nitrogens with two attached hydrogens (primary N) is 1. The van der Waals surface area contributed by atoms with Gasteiger partial charge in [-0.3, -0.25) is 9.59 Å². The first kappa shape index (κ1) is 12.4. The average Bonchev–Trinajstić information content (AvgIpc) is 2.98. The molecule has 96 valence electrons. The van der Waals surface area contributed by atoms with Crippen molar-refractivity contribution in [1.29, 1.82) is 0 Å². The highest BCUT2D eigenvalue weighted by Crippen LogP contribution is 2.23. The van der Waals surface area contributed by atoms with Crippen LogP contribution in [0.1, 0.15) is 38.5 Å². The highest BCUT2D eigenvalue weighted by Gasteiger charge is 2.30. The van der Waals surface area contributed by atoms with Gasteiger partial charge in [-0.1, -0.05) is 6.42 Å². The Labute approximate surface area is 102 Å². The number of hydrogen-bond acceptors (Lipinski definition) is 3. The summed E-state index contributed by atoms with van der Waals surface area (Å²) in [6.45, 7) is 0.417. The van der Waals surface area contributed by atoms with Gasteiger partial charge in [0.05, 0.1) is 5.92 Å². The fraction of sp³-hybridized carbons (Fsp3) is 0.833. The van der Waals surface area contributed by atoms with Crippen molar-refractivity contribution in [3.63, 3.8) is 0 Å². The first-order valence-electron chi connectivity index (χ1n) is 6.49. The summed E-state index contributed by atoms with van der Waals surface area (Å²) in [6, 6.07) is 0.386. The molecule has 0 aromatic carbocycles. The Morgan fingerprint density at radius 1 is 1.18 bits per heavy atom. The van der Waals surface area contributed by atoms with E-state index in [0.29, 0.717) is 19.0 Å². The summed E-state index contributed by atoms with van der Waals surface area (Å²) in [5, 5.41) is 5.69. The summed E-state index contributed by atoms with van der Waals surface area (Å²) in [7, 11) is 0. The van der Waals surface area contributed by atoms with Crippen LogP contribution in [0.3, 0.4) is 0 Å². The van der Waals surface area contributed by atoms with Crippen LogP contribution in [-0.4, -0.2) is 30.4 Å². The summed E-state index contributed by atoms with van der Waals surface area (Å²) >= 11 is 0. The van der Waals surface area contributed by atoms with Crippen LogP contribution < -0.4 is 16.4 Å². The van der Waals surface area contributed by atoms with Gasteiger partial charge in [0.1, 0.15) is 0 Å². The molecule has 0 saturated heterocycles. The topological polar surface area (TPSA) is 84.2 Å². The molecule has 0 aromatic heterocycles. The van der Waals surface area contributed by atoms with Crippen molar-refractivity contribution in [2.45, 2.75) is 50.6 Å². The van der Waals surface area contributed by atoms with Crippen LogP contribution in [0.15, 0.2) is 0 Å². The second kappa shape index (κ2) is 5.49. The summed E-state index contributed by atoms with van der Waals surface area (Å²) in [6.07, 6.45) is 5.39. The van der Waals surface area contributed by atoms with E-state index in [0.717, 1.165) is 32.1 Å². The maximum atomic E-state index is 11.7. The van der Waals surface area contributed by atoms with Crippen molar-refractivity contribution in [3.8, 4) is 0 Å². The Kier molecular flexibility index (Phi) is 3.99. The summed E-state index contributed by atoms with van der Waals surface area (Å²) in [4.78, 5) is 23.1. The molecule has 0 bridgehead atoms. The predicted octanol–water partition coefficient (Wildman–Crippen LogP) is -0.101. The van der Waals surface area contributed by atoms with Crippen LogP contribution in [0, 0.1) is 5.92 Å². The van der Waals surface area contributed by atoms with Gasteiger partial charge in [-0.25, -0.2) is 0 Å². The van der Waals surface area contributed by atoms with Crippen LogP contribution in [0.25, 0.3) is 0 Å². The zero-order valence-corrected chi connectivity index (χ0v) is 10.1. The number of rotatable bonds is 5. The fourth-order valence-corrected chi connectivity index (χ4v) is 2.27. The van der Waals surface area contributed by atoms with Gasteiger partial charge in [0.25, 0.3) is 0 Å². The van der Waals surface area contributed by atoms with Gasteiger partial charge in [0.2, 0.25) is 11.8 Å². The van der Waals surface area contributed by atoms with Crippen molar-refractivity contribution < 1.29 is 9.59 Å². The average molecular weight is 239 g/mol. The van der Waals surface area contributed by atoms with Crippen LogP contribution in [-0.2, 0) is 9.59 Å². The van der Waals surface area contributed by atoms with Crippen LogP contribution in [0.5, 0.6) is 0 Å². The molecule has 2 atom stereocenters. The van der Waals surface area contributed by atoms with E-state index in [2.05, 4.69) is 10.6 Å². The number of hydrogen-bond donors (Lipinski definition) is 3. The number of nitrogens with one attached hydrogen (secondary N) is 2. The number of carbonyl (C=O) groups is 2.